The molecule has 1 saturated heterocycles. The van der Waals surface area contributed by atoms with Crippen molar-refractivity contribution in [3.8, 4) is 11.5 Å². The van der Waals surface area contributed by atoms with Crippen molar-refractivity contribution < 1.29 is 9.21 Å². The molecule has 1 aliphatic heterocycles. The van der Waals surface area contributed by atoms with Gasteiger partial charge in [0, 0.05) is 43.5 Å². The SMILES string of the molecule is CN1CCN(CC(=O)Cc2cc3nc(-c4cnco4)ccc3cn2)CC1. The van der Waals surface area contributed by atoms with E-state index in [0.717, 1.165) is 48.5 Å². The minimum Gasteiger partial charge on any atom is -0.442 e. The Bertz CT molecular complexity index is 901. The predicted molar refractivity (Wildman–Crippen MR) is 97.7 cm³/mol. The second-order valence-electron chi connectivity index (χ2n) is 6.73. The number of oxazole rings is 1. The van der Waals surface area contributed by atoms with Gasteiger partial charge in [-0.2, -0.15) is 0 Å². The summed E-state index contributed by atoms with van der Waals surface area (Å²) in [5, 5.41) is 0.934. The molecular weight excluding hydrogens is 330 g/mol. The number of hydrogen-bond donors (Lipinski definition) is 0. The predicted octanol–water partition coefficient (Wildman–Crippen LogP) is 1.64. The lowest BCUT2D eigenvalue weighted by Gasteiger charge is -2.31. The van der Waals surface area contributed by atoms with E-state index in [-0.39, 0.29) is 5.78 Å². The lowest BCUT2D eigenvalue weighted by atomic mass is 10.1. The summed E-state index contributed by atoms with van der Waals surface area (Å²) < 4.78 is 5.30. The zero-order valence-electron chi connectivity index (χ0n) is 14.8. The van der Waals surface area contributed by atoms with Crippen LogP contribution in [0.2, 0.25) is 0 Å². The van der Waals surface area contributed by atoms with Crippen LogP contribution in [0.3, 0.4) is 0 Å². The average molecular weight is 351 g/mol. The fourth-order valence-corrected chi connectivity index (χ4v) is 3.15. The summed E-state index contributed by atoms with van der Waals surface area (Å²) in [6, 6.07) is 5.71. The highest BCUT2D eigenvalue weighted by Gasteiger charge is 2.17. The lowest BCUT2D eigenvalue weighted by molar-refractivity contribution is -0.120. The molecule has 0 spiro atoms. The van der Waals surface area contributed by atoms with Crippen molar-refractivity contribution in [2.75, 3.05) is 39.8 Å². The zero-order chi connectivity index (χ0) is 17.9. The van der Waals surface area contributed by atoms with Crippen LogP contribution in [0.25, 0.3) is 22.4 Å². The highest BCUT2D eigenvalue weighted by molar-refractivity contribution is 5.85. The number of piperazine rings is 1. The van der Waals surface area contributed by atoms with Gasteiger partial charge in [0.05, 0.1) is 24.7 Å². The van der Waals surface area contributed by atoms with Crippen LogP contribution in [0, 0.1) is 0 Å². The van der Waals surface area contributed by atoms with Crippen LogP contribution in [0.1, 0.15) is 5.69 Å². The maximum atomic E-state index is 12.4. The number of carbonyl (C=O) groups is 1. The summed E-state index contributed by atoms with van der Waals surface area (Å²) in [6.45, 7) is 4.38. The normalized spacial score (nSPS) is 16.2. The largest absolute Gasteiger partial charge is 0.442 e. The summed E-state index contributed by atoms with van der Waals surface area (Å²) in [4.78, 5) is 29.9. The molecule has 26 heavy (non-hydrogen) atoms. The number of rotatable bonds is 5. The molecule has 134 valence electrons. The molecule has 0 N–H and O–H groups in total. The molecule has 0 aromatic carbocycles. The van der Waals surface area contributed by atoms with Gasteiger partial charge in [-0.3, -0.25) is 14.7 Å². The number of ketones is 1. The third kappa shape index (κ3) is 3.79. The van der Waals surface area contributed by atoms with Gasteiger partial charge in [0.1, 0.15) is 5.69 Å². The Labute approximate surface area is 151 Å². The van der Waals surface area contributed by atoms with E-state index in [2.05, 4.69) is 31.8 Å². The molecule has 3 aromatic rings. The highest BCUT2D eigenvalue weighted by Crippen LogP contribution is 2.20. The molecule has 0 saturated carbocycles. The molecule has 1 fully saturated rings. The quantitative estimate of drug-likeness (QED) is 0.692. The molecule has 0 bridgehead atoms. The zero-order valence-corrected chi connectivity index (χ0v) is 14.8. The number of carbonyl (C=O) groups excluding carboxylic acids is 1. The van der Waals surface area contributed by atoms with Crippen LogP contribution in [0.4, 0.5) is 0 Å². The number of pyridine rings is 2. The Morgan fingerprint density at radius 3 is 2.81 bits per heavy atom. The summed E-state index contributed by atoms with van der Waals surface area (Å²) in [5.74, 6) is 0.809. The number of aromatic nitrogens is 3. The maximum Gasteiger partial charge on any atom is 0.181 e. The Balaban J connectivity index is 1.47. The van der Waals surface area contributed by atoms with Gasteiger partial charge in [-0.15, -0.1) is 0 Å². The van der Waals surface area contributed by atoms with Crippen molar-refractivity contribution in [2.24, 2.45) is 0 Å². The van der Waals surface area contributed by atoms with Gasteiger partial charge in [-0.25, -0.2) is 9.97 Å². The van der Waals surface area contributed by atoms with Crippen molar-refractivity contribution >= 4 is 16.7 Å². The topological polar surface area (TPSA) is 75.4 Å². The van der Waals surface area contributed by atoms with Crippen molar-refractivity contribution in [1.82, 2.24) is 24.8 Å². The number of likely N-dealkylation sites (N-methyl/N-ethyl adjacent to an activating group) is 1. The molecule has 0 unspecified atom stereocenters. The van der Waals surface area contributed by atoms with E-state index in [4.69, 9.17) is 4.42 Å². The van der Waals surface area contributed by atoms with Crippen molar-refractivity contribution in [2.45, 2.75) is 6.42 Å². The molecule has 4 rings (SSSR count). The van der Waals surface area contributed by atoms with Crippen LogP contribution in [-0.2, 0) is 11.2 Å². The van der Waals surface area contributed by atoms with E-state index in [9.17, 15) is 4.79 Å². The van der Waals surface area contributed by atoms with E-state index >= 15 is 0 Å². The molecule has 3 aromatic heterocycles. The monoisotopic (exact) mass is 351 g/mol. The second-order valence-corrected chi connectivity index (χ2v) is 6.73. The summed E-state index contributed by atoms with van der Waals surface area (Å²) in [5.41, 5.74) is 2.27. The first kappa shape index (κ1) is 16.8. The van der Waals surface area contributed by atoms with Crippen molar-refractivity contribution in [3.05, 3.63) is 42.7 Å². The van der Waals surface area contributed by atoms with E-state index in [1.807, 2.05) is 18.2 Å². The lowest BCUT2D eigenvalue weighted by Crippen LogP contribution is -2.46. The van der Waals surface area contributed by atoms with Gasteiger partial charge in [-0.05, 0) is 25.2 Å². The first-order valence-electron chi connectivity index (χ1n) is 8.74. The van der Waals surface area contributed by atoms with Crippen LogP contribution in [0.5, 0.6) is 0 Å². The van der Waals surface area contributed by atoms with Gasteiger partial charge < -0.3 is 9.32 Å². The van der Waals surface area contributed by atoms with Crippen LogP contribution in [0.15, 0.2) is 41.4 Å². The highest BCUT2D eigenvalue weighted by atomic mass is 16.3. The number of nitrogens with zero attached hydrogens (tertiary/aromatic N) is 5. The number of hydrogen-bond acceptors (Lipinski definition) is 7. The van der Waals surface area contributed by atoms with Gasteiger partial charge in [0.2, 0.25) is 0 Å². The Morgan fingerprint density at radius 2 is 2.04 bits per heavy atom. The van der Waals surface area contributed by atoms with Gasteiger partial charge in [-0.1, -0.05) is 0 Å². The van der Waals surface area contributed by atoms with Gasteiger partial charge in [0.15, 0.2) is 17.9 Å². The van der Waals surface area contributed by atoms with E-state index < -0.39 is 0 Å². The minimum absolute atomic E-state index is 0.188. The Kier molecular flexibility index (Phi) is 4.73. The van der Waals surface area contributed by atoms with E-state index in [1.165, 1.54) is 6.39 Å². The van der Waals surface area contributed by atoms with Crippen molar-refractivity contribution in [1.29, 1.82) is 0 Å². The molecule has 0 amide bonds. The average Bonchev–Trinajstić information content (AvgIpc) is 3.18. The Hall–Kier alpha value is -2.64. The van der Waals surface area contributed by atoms with Gasteiger partial charge >= 0.3 is 0 Å². The standard InChI is InChI=1S/C19H21N5O2/c1-23-4-6-24(7-5-23)12-16(25)8-15-9-18-14(10-21-15)2-3-17(22-18)19-11-20-13-26-19/h2-3,9-11,13H,4-8,12H2,1H3. The molecule has 4 heterocycles. The molecule has 7 heteroatoms. The molecule has 0 aliphatic carbocycles. The molecule has 1 aliphatic rings. The fourth-order valence-electron chi connectivity index (χ4n) is 3.15. The number of fused-ring (bicyclic) bond motifs is 1. The third-order valence-corrected chi connectivity index (χ3v) is 4.69. The van der Waals surface area contributed by atoms with Gasteiger partial charge in [0.25, 0.3) is 0 Å². The molecular formula is C19H21N5O2. The first-order valence-corrected chi connectivity index (χ1v) is 8.74. The van der Waals surface area contributed by atoms with Crippen LogP contribution >= 0.6 is 0 Å². The summed E-state index contributed by atoms with van der Waals surface area (Å²) in [7, 11) is 2.11. The number of Topliss-reactive ketones (excluding diaryl/α,β-unsaturated/α-hetero) is 1. The van der Waals surface area contributed by atoms with Crippen molar-refractivity contribution in [3.63, 3.8) is 0 Å². The summed E-state index contributed by atoms with van der Waals surface area (Å²) in [6.07, 6.45) is 5.12. The second kappa shape index (κ2) is 7.31. The smallest absolute Gasteiger partial charge is 0.181 e. The fraction of sp³-hybridized carbons (Fsp3) is 0.368. The Morgan fingerprint density at radius 1 is 1.19 bits per heavy atom. The molecule has 7 nitrogen and oxygen atoms in total. The molecule has 0 atom stereocenters. The third-order valence-electron chi connectivity index (χ3n) is 4.69. The minimum atomic E-state index is 0.188. The summed E-state index contributed by atoms with van der Waals surface area (Å²) >= 11 is 0. The molecule has 0 radical (unpaired) electrons. The first-order chi connectivity index (χ1) is 12.7. The van der Waals surface area contributed by atoms with Crippen LogP contribution in [-0.4, -0.2) is 70.3 Å². The van der Waals surface area contributed by atoms with Crippen LogP contribution < -0.4 is 0 Å². The van der Waals surface area contributed by atoms with E-state index in [0.29, 0.717) is 18.7 Å². The maximum absolute atomic E-state index is 12.4. The van der Waals surface area contributed by atoms with E-state index in [1.54, 1.807) is 12.4 Å².